The molecule has 7 heteroatoms. The van der Waals surface area contributed by atoms with E-state index >= 15 is 0 Å². The van der Waals surface area contributed by atoms with Gasteiger partial charge in [0.25, 0.3) is 0 Å². The van der Waals surface area contributed by atoms with E-state index in [9.17, 15) is 4.79 Å². The Hall–Kier alpha value is -2.44. The number of carbonyl (C=O) groups excluding carboxylic acids is 1. The Kier molecular flexibility index (Phi) is 7.99. The lowest BCUT2D eigenvalue weighted by Crippen LogP contribution is -2.52. The molecule has 2 unspecified atom stereocenters. The van der Waals surface area contributed by atoms with Crippen molar-refractivity contribution in [1.82, 2.24) is 10.2 Å². The van der Waals surface area contributed by atoms with Crippen LogP contribution in [0.15, 0.2) is 42.5 Å². The molecule has 2 amide bonds. The number of likely N-dealkylation sites (tertiary alicyclic amines) is 1. The third kappa shape index (κ3) is 6.33. The summed E-state index contributed by atoms with van der Waals surface area (Å²) < 4.78 is 10.6. The van der Waals surface area contributed by atoms with Crippen molar-refractivity contribution < 1.29 is 14.3 Å². The minimum absolute atomic E-state index is 0.172. The fraction of sp³-hybridized carbons (Fsp3) is 0.500. The number of hydrogen-bond acceptors (Lipinski definition) is 4. The number of ether oxygens (including phenoxy) is 2. The van der Waals surface area contributed by atoms with Gasteiger partial charge < -0.3 is 20.1 Å². The molecule has 0 bridgehead atoms. The van der Waals surface area contributed by atoms with Crippen molar-refractivity contribution >= 4 is 23.3 Å². The number of rotatable bonds is 7. The highest BCUT2D eigenvalue weighted by molar-refractivity contribution is 6.30. The summed E-state index contributed by atoms with van der Waals surface area (Å²) in [7, 11) is 3.20. The molecular formula is C26H34ClN3O3. The van der Waals surface area contributed by atoms with Crippen molar-refractivity contribution in [1.29, 1.82) is 0 Å². The van der Waals surface area contributed by atoms with Crippen LogP contribution in [0.5, 0.6) is 11.5 Å². The Morgan fingerprint density at radius 3 is 2.30 bits per heavy atom. The van der Waals surface area contributed by atoms with Crippen LogP contribution < -0.4 is 20.1 Å². The monoisotopic (exact) mass is 471 g/mol. The number of anilines is 1. The topological polar surface area (TPSA) is 62.8 Å². The minimum Gasteiger partial charge on any atom is -0.497 e. The van der Waals surface area contributed by atoms with E-state index < -0.39 is 0 Å². The molecule has 178 valence electrons. The van der Waals surface area contributed by atoms with Crippen LogP contribution in [-0.2, 0) is 6.42 Å². The zero-order valence-electron chi connectivity index (χ0n) is 19.5. The van der Waals surface area contributed by atoms with E-state index in [1.807, 2.05) is 12.1 Å². The molecule has 1 aliphatic carbocycles. The summed E-state index contributed by atoms with van der Waals surface area (Å²) in [6.07, 6.45) is 6.81. The van der Waals surface area contributed by atoms with Crippen LogP contribution in [0.1, 0.15) is 37.7 Å². The summed E-state index contributed by atoms with van der Waals surface area (Å²) in [4.78, 5) is 15.3. The first-order chi connectivity index (χ1) is 16.0. The number of carbonyl (C=O) groups is 1. The molecule has 2 aliphatic rings. The summed E-state index contributed by atoms with van der Waals surface area (Å²) in [6.45, 7) is 2.19. The Bertz CT molecular complexity index is 907. The van der Waals surface area contributed by atoms with Crippen LogP contribution in [0.4, 0.5) is 10.5 Å². The molecule has 1 saturated heterocycles. The number of methoxy groups -OCH3 is 2. The standard InChI is InChI=1S/C26H34ClN3O3/c1-32-22-15-21(16-23(17-22)33-2)28-26(31)29-24-4-3-5-25(24)30-12-10-19(11-13-30)14-18-6-8-20(27)9-7-18/h6-9,15-17,19,24-25H,3-5,10-14H2,1-2H3,(H2,28,29,31). The van der Waals surface area contributed by atoms with Crippen LogP contribution in [-0.4, -0.2) is 50.3 Å². The Morgan fingerprint density at radius 1 is 1.00 bits per heavy atom. The van der Waals surface area contributed by atoms with Crippen molar-refractivity contribution in [3.63, 3.8) is 0 Å². The number of urea groups is 1. The van der Waals surface area contributed by atoms with Crippen molar-refractivity contribution in [3.8, 4) is 11.5 Å². The number of amides is 2. The molecular weight excluding hydrogens is 438 g/mol. The molecule has 2 N–H and O–H groups in total. The summed E-state index contributed by atoms with van der Waals surface area (Å²) in [5.74, 6) is 2.00. The first kappa shape index (κ1) is 23.7. The highest BCUT2D eigenvalue weighted by Gasteiger charge is 2.35. The van der Waals surface area contributed by atoms with Crippen LogP contribution in [0, 0.1) is 5.92 Å². The first-order valence-corrected chi connectivity index (χ1v) is 12.2. The minimum atomic E-state index is -0.181. The number of hydrogen-bond donors (Lipinski definition) is 2. The SMILES string of the molecule is COc1cc(NC(=O)NC2CCCC2N2CCC(Cc3ccc(Cl)cc3)CC2)cc(OC)c1. The third-order valence-electron chi connectivity index (χ3n) is 6.96. The maximum Gasteiger partial charge on any atom is 0.319 e. The molecule has 6 nitrogen and oxygen atoms in total. The largest absolute Gasteiger partial charge is 0.497 e. The van der Waals surface area contributed by atoms with Crippen LogP contribution in [0.3, 0.4) is 0 Å². The predicted octanol–water partition coefficient (Wildman–Crippen LogP) is 5.35. The van der Waals surface area contributed by atoms with Gasteiger partial charge in [0.05, 0.1) is 14.2 Å². The molecule has 2 aromatic rings. The molecule has 0 spiro atoms. The molecule has 2 aromatic carbocycles. The Labute approximate surface area is 201 Å². The van der Waals surface area contributed by atoms with Gasteiger partial charge in [-0.1, -0.05) is 23.7 Å². The van der Waals surface area contributed by atoms with Crippen molar-refractivity contribution in [3.05, 3.63) is 53.1 Å². The Balaban J connectivity index is 1.28. The van der Waals surface area contributed by atoms with Gasteiger partial charge in [0.15, 0.2) is 0 Å². The summed E-state index contributed by atoms with van der Waals surface area (Å²) >= 11 is 6.02. The van der Waals surface area contributed by atoms with Gasteiger partial charge in [-0.25, -0.2) is 4.79 Å². The van der Waals surface area contributed by atoms with E-state index in [1.165, 1.54) is 18.4 Å². The first-order valence-electron chi connectivity index (χ1n) is 11.8. The van der Waals surface area contributed by atoms with Crippen LogP contribution >= 0.6 is 11.6 Å². The van der Waals surface area contributed by atoms with Crippen LogP contribution in [0.25, 0.3) is 0 Å². The normalized spacial score (nSPS) is 21.5. The summed E-state index contributed by atoms with van der Waals surface area (Å²) in [5, 5.41) is 6.96. The molecule has 33 heavy (non-hydrogen) atoms. The molecule has 1 heterocycles. The van der Waals surface area contributed by atoms with Gasteiger partial charge in [0, 0.05) is 41.0 Å². The maximum absolute atomic E-state index is 12.7. The number of nitrogens with one attached hydrogen (secondary N) is 2. The van der Waals surface area contributed by atoms with E-state index in [1.54, 1.807) is 32.4 Å². The molecule has 1 aliphatic heterocycles. The number of benzene rings is 2. The number of piperidine rings is 1. The third-order valence-corrected chi connectivity index (χ3v) is 7.21. The zero-order valence-corrected chi connectivity index (χ0v) is 20.2. The second kappa shape index (κ2) is 11.1. The average molecular weight is 472 g/mol. The van der Waals surface area contributed by atoms with Gasteiger partial charge in [-0.3, -0.25) is 4.90 Å². The summed E-state index contributed by atoms with van der Waals surface area (Å²) in [6, 6.07) is 14.0. The quantitative estimate of drug-likeness (QED) is 0.571. The average Bonchev–Trinajstić information content (AvgIpc) is 3.28. The van der Waals surface area contributed by atoms with Gasteiger partial charge in [0.2, 0.25) is 0 Å². The lowest BCUT2D eigenvalue weighted by molar-refractivity contribution is 0.119. The van der Waals surface area contributed by atoms with Crippen LogP contribution in [0.2, 0.25) is 5.02 Å². The maximum atomic E-state index is 12.7. The van der Waals surface area contributed by atoms with Gasteiger partial charge in [-0.05, 0) is 75.2 Å². The number of nitrogens with zero attached hydrogens (tertiary/aromatic N) is 1. The van der Waals surface area contributed by atoms with E-state index in [0.717, 1.165) is 43.8 Å². The fourth-order valence-corrected chi connectivity index (χ4v) is 5.33. The second-order valence-corrected chi connectivity index (χ2v) is 9.55. The zero-order chi connectivity index (χ0) is 23.2. The predicted molar refractivity (Wildman–Crippen MR) is 133 cm³/mol. The lowest BCUT2D eigenvalue weighted by atomic mass is 9.89. The molecule has 1 saturated carbocycles. The Morgan fingerprint density at radius 2 is 1.67 bits per heavy atom. The summed E-state index contributed by atoms with van der Waals surface area (Å²) in [5.41, 5.74) is 2.02. The van der Waals surface area contributed by atoms with E-state index in [0.29, 0.717) is 29.1 Å². The highest BCUT2D eigenvalue weighted by Crippen LogP contribution is 2.30. The van der Waals surface area contributed by atoms with Crippen molar-refractivity contribution in [2.75, 3.05) is 32.6 Å². The van der Waals surface area contributed by atoms with Gasteiger partial charge in [-0.15, -0.1) is 0 Å². The van der Waals surface area contributed by atoms with Crippen molar-refractivity contribution in [2.45, 2.75) is 50.6 Å². The van der Waals surface area contributed by atoms with Crippen molar-refractivity contribution in [2.24, 2.45) is 5.92 Å². The number of halogens is 1. The van der Waals surface area contributed by atoms with Gasteiger partial charge in [-0.2, -0.15) is 0 Å². The lowest BCUT2D eigenvalue weighted by Gasteiger charge is -2.38. The molecule has 0 radical (unpaired) electrons. The van der Waals surface area contributed by atoms with E-state index in [4.69, 9.17) is 21.1 Å². The second-order valence-electron chi connectivity index (χ2n) is 9.11. The van der Waals surface area contributed by atoms with Gasteiger partial charge in [0.1, 0.15) is 11.5 Å². The smallest absolute Gasteiger partial charge is 0.319 e. The van der Waals surface area contributed by atoms with E-state index in [-0.39, 0.29) is 12.1 Å². The molecule has 2 atom stereocenters. The molecule has 2 fully saturated rings. The fourth-order valence-electron chi connectivity index (χ4n) is 5.20. The molecule has 4 rings (SSSR count). The highest BCUT2D eigenvalue weighted by atomic mass is 35.5. The molecule has 0 aromatic heterocycles. The van der Waals surface area contributed by atoms with E-state index in [2.05, 4.69) is 27.7 Å². The van der Waals surface area contributed by atoms with Gasteiger partial charge >= 0.3 is 6.03 Å².